The fourth-order valence-corrected chi connectivity index (χ4v) is 3.15. The normalized spacial score (nSPS) is 19.1. The first kappa shape index (κ1) is 14.6. The van der Waals surface area contributed by atoms with Crippen LogP contribution in [0.1, 0.15) is 28.4 Å². The van der Waals surface area contributed by atoms with Gasteiger partial charge in [-0.1, -0.05) is 6.07 Å². The fourth-order valence-electron chi connectivity index (χ4n) is 3.15. The molecule has 122 valence electrons. The quantitative estimate of drug-likeness (QED) is 0.838. The van der Waals surface area contributed by atoms with Crippen LogP contribution < -0.4 is 9.47 Å². The van der Waals surface area contributed by atoms with Gasteiger partial charge in [-0.2, -0.15) is 10.4 Å². The number of rotatable bonds is 2. The molecule has 7 nitrogen and oxygen atoms in total. The van der Waals surface area contributed by atoms with Gasteiger partial charge < -0.3 is 14.4 Å². The van der Waals surface area contributed by atoms with Gasteiger partial charge in [-0.3, -0.25) is 9.48 Å². The Hall–Kier alpha value is -3.01. The second kappa shape index (κ2) is 5.89. The maximum Gasteiger partial charge on any atom is 0.257 e. The summed E-state index contributed by atoms with van der Waals surface area (Å²) in [4.78, 5) is 14.7. The monoisotopic (exact) mass is 324 g/mol. The van der Waals surface area contributed by atoms with Crippen molar-refractivity contribution >= 4 is 5.91 Å². The third-order valence-electron chi connectivity index (χ3n) is 4.35. The van der Waals surface area contributed by atoms with Gasteiger partial charge in [0, 0.05) is 19.3 Å². The van der Waals surface area contributed by atoms with Crippen molar-refractivity contribution in [3.05, 3.63) is 41.7 Å². The van der Waals surface area contributed by atoms with Crippen molar-refractivity contribution in [1.29, 1.82) is 5.26 Å². The van der Waals surface area contributed by atoms with Crippen LogP contribution in [0.15, 0.2) is 30.6 Å². The molecule has 1 saturated heterocycles. The Morgan fingerprint density at radius 3 is 3.04 bits per heavy atom. The number of hydrogen-bond donors (Lipinski definition) is 0. The van der Waals surface area contributed by atoms with E-state index in [0.717, 1.165) is 6.42 Å². The Morgan fingerprint density at radius 1 is 1.33 bits per heavy atom. The molecule has 1 aromatic heterocycles. The van der Waals surface area contributed by atoms with Crippen LogP contribution in [-0.2, 0) is 0 Å². The molecule has 1 atom stereocenters. The van der Waals surface area contributed by atoms with Crippen molar-refractivity contribution in [3.63, 3.8) is 0 Å². The van der Waals surface area contributed by atoms with E-state index in [1.54, 1.807) is 34.1 Å². The van der Waals surface area contributed by atoms with Crippen LogP contribution in [0.2, 0.25) is 0 Å². The summed E-state index contributed by atoms with van der Waals surface area (Å²) in [6.45, 7) is 2.16. The number of nitrogens with zero attached hydrogens (tertiary/aromatic N) is 4. The van der Waals surface area contributed by atoms with Crippen LogP contribution in [0, 0.1) is 11.3 Å². The molecule has 0 radical (unpaired) electrons. The van der Waals surface area contributed by atoms with Crippen LogP contribution in [0.25, 0.3) is 0 Å². The Bertz CT molecular complexity index is 823. The second-order valence-electron chi connectivity index (χ2n) is 5.84. The third kappa shape index (κ3) is 2.46. The largest absolute Gasteiger partial charge is 0.486 e. The summed E-state index contributed by atoms with van der Waals surface area (Å²) in [5.41, 5.74) is 1.06. The number of amides is 1. The molecule has 0 spiro atoms. The molecule has 1 aromatic carbocycles. The molecular weight excluding hydrogens is 308 g/mol. The molecule has 4 rings (SSSR count). The van der Waals surface area contributed by atoms with E-state index in [1.807, 2.05) is 6.07 Å². The zero-order valence-corrected chi connectivity index (χ0v) is 13.0. The van der Waals surface area contributed by atoms with Crippen LogP contribution in [-0.4, -0.2) is 46.9 Å². The number of aromatic nitrogens is 2. The maximum atomic E-state index is 12.9. The minimum absolute atomic E-state index is 0.0625. The van der Waals surface area contributed by atoms with E-state index >= 15 is 0 Å². The SMILES string of the molecule is N#Cc1cnn(C2CCN(C(=O)c3cccc4c3OCCO4)C2)c1. The van der Waals surface area contributed by atoms with E-state index in [0.29, 0.717) is 48.9 Å². The summed E-state index contributed by atoms with van der Waals surface area (Å²) in [6, 6.07) is 7.55. The molecule has 0 N–H and O–H groups in total. The summed E-state index contributed by atoms with van der Waals surface area (Å²) in [5, 5.41) is 13.1. The second-order valence-corrected chi connectivity index (χ2v) is 5.84. The van der Waals surface area contributed by atoms with Crippen LogP contribution >= 0.6 is 0 Å². The molecule has 1 unspecified atom stereocenters. The summed E-state index contributed by atoms with van der Waals surface area (Å²) in [7, 11) is 0. The number of para-hydroxylation sites is 1. The fraction of sp³-hybridized carbons (Fsp3) is 0.353. The molecule has 24 heavy (non-hydrogen) atoms. The molecule has 1 amide bonds. The Balaban J connectivity index is 1.53. The molecule has 2 aliphatic heterocycles. The molecule has 0 aliphatic carbocycles. The topological polar surface area (TPSA) is 80.4 Å². The van der Waals surface area contributed by atoms with Crippen molar-refractivity contribution in [1.82, 2.24) is 14.7 Å². The first-order chi connectivity index (χ1) is 11.8. The van der Waals surface area contributed by atoms with Crippen molar-refractivity contribution in [3.8, 4) is 17.6 Å². The number of nitriles is 1. The first-order valence-electron chi connectivity index (χ1n) is 7.88. The highest BCUT2D eigenvalue weighted by molar-refractivity contribution is 5.98. The summed E-state index contributed by atoms with van der Waals surface area (Å²) < 4.78 is 13.0. The van der Waals surface area contributed by atoms with Gasteiger partial charge in [-0.15, -0.1) is 0 Å². The van der Waals surface area contributed by atoms with Gasteiger partial charge in [0.2, 0.25) is 0 Å². The number of ether oxygens (including phenoxy) is 2. The van der Waals surface area contributed by atoms with E-state index in [-0.39, 0.29) is 11.9 Å². The van der Waals surface area contributed by atoms with Crippen molar-refractivity contribution in [2.45, 2.75) is 12.5 Å². The lowest BCUT2D eigenvalue weighted by molar-refractivity contribution is 0.0776. The molecule has 3 heterocycles. The van der Waals surface area contributed by atoms with Gasteiger partial charge >= 0.3 is 0 Å². The summed E-state index contributed by atoms with van der Waals surface area (Å²) in [5.74, 6) is 1.09. The van der Waals surface area contributed by atoms with E-state index in [2.05, 4.69) is 11.2 Å². The highest BCUT2D eigenvalue weighted by atomic mass is 16.6. The lowest BCUT2D eigenvalue weighted by Crippen LogP contribution is -2.30. The lowest BCUT2D eigenvalue weighted by atomic mass is 10.1. The van der Waals surface area contributed by atoms with E-state index in [9.17, 15) is 4.79 Å². The highest BCUT2D eigenvalue weighted by Crippen LogP contribution is 2.35. The molecule has 2 aliphatic rings. The van der Waals surface area contributed by atoms with E-state index in [1.165, 1.54) is 0 Å². The molecular formula is C17H16N4O3. The Kier molecular flexibility index (Phi) is 3.58. The first-order valence-corrected chi connectivity index (χ1v) is 7.88. The number of likely N-dealkylation sites (tertiary alicyclic amines) is 1. The molecule has 1 fully saturated rings. The summed E-state index contributed by atoms with van der Waals surface area (Å²) in [6.07, 6.45) is 4.08. The van der Waals surface area contributed by atoms with E-state index in [4.69, 9.17) is 14.7 Å². The van der Waals surface area contributed by atoms with Gasteiger partial charge in [0.1, 0.15) is 19.3 Å². The van der Waals surface area contributed by atoms with Crippen LogP contribution in [0.4, 0.5) is 0 Å². The highest BCUT2D eigenvalue weighted by Gasteiger charge is 2.31. The number of fused-ring (bicyclic) bond motifs is 1. The zero-order chi connectivity index (χ0) is 16.5. The van der Waals surface area contributed by atoms with Crippen molar-refractivity contribution in [2.24, 2.45) is 0 Å². The van der Waals surface area contributed by atoms with Crippen LogP contribution in [0.3, 0.4) is 0 Å². The predicted molar refractivity (Wildman–Crippen MR) is 83.9 cm³/mol. The molecule has 0 saturated carbocycles. The van der Waals surface area contributed by atoms with Crippen molar-refractivity contribution in [2.75, 3.05) is 26.3 Å². The average molecular weight is 324 g/mol. The number of benzene rings is 1. The van der Waals surface area contributed by atoms with Gasteiger partial charge in [0.15, 0.2) is 11.5 Å². The van der Waals surface area contributed by atoms with Gasteiger partial charge in [-0.05, 0) is 18.6 Å². The minimum atomic E-state index is -0.0625. The smallest absolute Gasteiger partial charge is 0.257 e. The lowest BCUT2D eigenvalue weighted by Gasteiger charge is -2.23. The average Bonchev–Trinajstić information content (AvgIpc) is 3.29. The van der Waals surface area contributed by atoms with Crippen molar-refractivity contribution < 1.29 is 14.3 Å². The molecule has 7 heteroatoms. The number of carbonyl (C=O) groups excluding carboxylic acids is 1. The Morgan fingerprint density at radius 2 is 2.21 bits per heavy atom. The van der Waals surface area contributed by atoms with Gasteiger partial charge in [-0.25, -0.2) is 0 Å². The standard InChI is InChI=1S/C17H16N4O3/c18-8-12-9-19-21(10-12)13-4-5-20(11-13)17(22)14-2-1-3-15-16(14)24-7-6-23-15/h1-3,9-10,13H,4-7,11H2. The van der Waals surface area contributed by atoms with Gasteiger partial charge in [0.05, 0.1) is 23.4 Å². The summed E-state index contributed by atoms with van der Waals surface area (Å²) >= 11 is 0. The van der Waals surface area contributed by atoms with Crippen LogP contribution in [0.5, 0.6) is 11.5 Å². The molecule has 2 aromatic rings. The minimum Gasteiger partial charge on any atom is -0.486 e. The Labute approximate surface area is 139 Å². The maximum absolute atomic E-state index is 12.9. The molecule has 0 bridgehead atoms. The number of carbonyl (C=O) groups is 1. The third-order valence-corrected chi connectivity index (χ3v) is 4.35. The van der Waals surface area contributed by atoms with Gasteiger partial charge in [0.25, 0.3) is 5.91 Å². The zero-order valence-electron chi connectivity index (χ0n) is 13.0. The van der Waals surface area contributed by atoms with E-state index < -0.39 is 0 Å². The number of hydrogen-bond acceptors (Lipinski definition) is 5. The predicted octanol–water partition coefficient (Wildman–Crippen LogP) is 1.61.